The van der Waals surface area contributed by atoms with Crippen molar-refractivity contribution in [3.05, 3.63) is 35.9 Å². The molecular formula is C15H20BrNO. The Labute approximate surface area is 117 Å². The maximum absolute atomic E-state index is 12.1. The lowest BCUT2D eigenvalue weighted by atomic mass is 10.00. The molecule has 0 bridgehead atoms. The quantitative estimate of drug-likeness (QED) is 0.848. The molecule has 0 radical (unpaired) electrons. The Morgan fingerprint density at radius 3 is 2.72 bits per heavy atom. The zero-order valence-electron chi connectivity index (χ0n) is 10.7. The summed E-state index contributed by atoms with van der Waals surface area (Å²) < 4.78 is 0. The first kappa shape index (κ1) is 13.6. The molecule has 0 saturated heterocycles. The minimum Gasteiger partial charge on any atom is -0.355 e. The van der Waals surface area contributed by atoms with E-state index in [1.165, 1.54) is 19.3 Å². The zero-order chi connectivity index (χ0) is 13.0. The molecule has 1 amide bonds. The van der Waals surface area contributed by atoms with Crippen LogP contribution in [0.3, 0.4) is 0 Å². The Balaban J connectivity index is 1.81. The molecule has 1 N–H and O–H groups in total. The summed E-state index contributed by atoms with van der Waals surface area (Å²) in [6.07, 6.45) is 3.63. The van der Waals surface area contributed by atoms with Crippen molar-refractivity contribution in [1.29, 1.82) is 0 Å². The molecule has 3 unspecified atom stereocenters. The normalized spacial score (nSPS) is 24.8. The Kier molecular flexibility index (Phi) is 4.81. The summed E-state index contributed by atoms with van der Waals surface area (Å²) in [5, 5.41) is 3.08. The Morgan fingerprint density at radius 2 is 2.11 bits per heavy atom. The summed E-state index contributed by atoms with van der Waals surface area (Å²) in [6.45, 7) is 2.78. The van der Waals surface area contributed by atoms with Crippen molar-refractivity contribution in [3.8, 4) is 0 Å². The average Bonchev–Trinajstić information content (AvgIpc) is 2.82. The molecule has 0 aliphatic heterocycles. The molecule has 3 heteroatoms. The molecule has 0 aromatic heterocycles. The van der Waals surface area contributed by atoms with Crippen molar-refractivity contribution in [2.75, 3.05) is 6.54 Å². The van der Waals surface area contributed by atoms with Crippen LogP contribution in [0.15, 0.2) is 30.3 Å². The highest BCUT2D eigenvalue weighted by atomic mass is 79.9. The van der Waals surface area contributed by atoms with Crippen molar-refractivity contribution in [2.45, 2.75) is 36.9 Å². The molecule has 98 valence electrons. The van der Waals surface area contributed by atoms with Gasteiger partial charge < -0.3 is 5.32 Å². The van der Waals surface area contributed by atoms with Gasteiger partial charge in [-0.2, -0.15) is 0 Å². The van der Waals surface area contributed by atoms with E-state index in [2.05, 4.69) is 21.2 Å². The molecule has 1 aliphatic rings. The van der Waals surface area contributed by atoms with Crippen molar-refractivity contribution in [1.82, 2.24) is 5.32 Å². The van der Waals surface area contributed by atoms with Crippen LogP contribution in [0, 0.1) is 5.92 Å². The number of halogens is 1. The molecule has 0 heterocycles. The first-order chi connectivity index (χ1) is 8.66. The van der Waals surface area contributed by atoms with Gasteiger partial charge in [-0.15, -0.1) is 0 Å². The molecule has 3 atom stereocenters. The summed E-state index contributed by atoms with van der Waals surface area (Å²) in [5.74, 6) is 0.716. The number of hydrogen-bond acceptors (Lipinski definition) is 1. The van der Waals surface area contributed by atoms with Gasteiger partial charge in [-0.05, 0) is 37.7 Å². The predicted octanol–water partition coefficient (Wildman–Crippen LogP) is 3.47. The molecule has 1 saturated carbocycles. The lowest BCUT2D eigenvalue weighted by Crippen LogP contribution is -2.31. The average molecular weight is 310 g/mol. The standard InChI is InChI=1S/C15H20BrNO/c1-11(13-5-3-2-4-6-13)15(18)17-10-12-7-8-14(16)9-12/h2-6,11-12,14H,7-10H2,1H3,(H,17,18). The maximum Gasteiger partial charge on any atom is 0.227 e. The van der Waals surface area contributed by atoms with Gasteiger partial charge in [0, 0.05) is 11.4 Å². The van der Waals surface area contributed by atoms with Crippen molar-refractivity contribution < 1.29 is 4.79 Å². The minimum atomic E-state index is -0.0626. The van der Waals surface area contributed by atoms with Crippen molar-refractivity contribution in [2.24, 2.45) is 5.92 Å². The first-order valence-corrected chi connectivity index (χ1v) is 7.55. The van der Waals surface area contributed by atoms with Gasteiger partial charge >= 0.3 is 0 Å². The van der Waals surface area contributed by atoms with Gasteiger partial charge in [-0.1, -0.05) is 46.3 Å². The van der Waals surface area contributed by atoms with Crippen molar-refractivity contribution in [3.63, 3.8) is 0 Å². The summed E-state index contributed by atoms with van der Waals surface area (Å²) in [4.78, 5) is 12.7. The Hall–Kier alpha value is -0.830. The van der Waals surface area contributed by atoms with Gasteiger partial charge in [0.15, 0.2) is 0 Å². The zero-order valence-corrected chi connectivity index (χ0v) is 12.3. The molecule has 18 heavy (non-hydrogen) atoms. The van der Waals surface area contributed by atoms with E-state index in [1.807, 2.05) is 37.3 Å². The third-order valence-corrected chi connectivity index (χ3v) is 4.57. The molecule has 1 aromatic carbocycles. The van der Waals surface area contributed by atoms with E-state index >= 15 is 0 Å². The molecule has 1 aliphatic carbocycles. The number of nitrogens with one attached hydrogen (secondary N) is 1. The van der Waals surface area contributed by atoms with E-state index in [0.717, 1.165) is 12.1 Å². The lowest BCUT2D eigenvalue weighted by molar-refractivity contribution is -0.122. The molecule has 1 aromatic rings. The van der Waals surface area contributed by atoms with Crippen LogP contribution in [-0.4, -0.2) is 17.3 Å². The smallest absolute Gasteiger partial charge is 0.227 e. The topological polar surface area (TPSA) is 29.1 Å². The number of carbonyl (C=O) groups is 1. The van der Waals surface area contributed by atoms with Gasteiger partial charge in [0.2, 0.25) is 5.91 Å². The van der Waals surface area contributed by atoms with Crippen LogP contribution in [0.25, 0.3) is 0 Å². The third kappa shape index (κ3) is 3.58. The van der Waals surface area contributed by atoms with Crippen LogP contribution in [0.1, 0.15) is 37.7 Å². The van der Waals surface area contributed by atoms with E-state index in [1.54, 1.807) is 0 Å². The van der Waals surface area contributed by atoms with Crippen LogP contribution < -0.4 is 5.32 Å². The number of amides is 1. The highest BCUT2D eigenvalue weighted by Crippen LogP contribution is 2.30. The minimum absolute atomic E-state index is 0.0626. The Morgan fingerprint density at radius 1 is 1.39 bits per heavy atom. The van der Waals surface area contributed by atoms with E-state index in [4.69, 9.17) is 0 Å². The number of carbonyl (C=O) groups excluding carboxylic acids is 1. The van der Waals surface area contributed by atoms with E-state index in [9.17, 15) is 4.79 Å². The molecule has 2 rings (SSSR count). The first-order valence-electron chi connectivity index (χ1n) is 6.63. The number of benzene rings is 1. The van der Waals surface area contributed by atoms with E-state index in [-0.39, 0.29) is 11.8 Å². The maximum atomic E-state index is 12.1. The summed E-state index contributed by atoms with van der Waals surface area (Å²) in [7, 11) is 0. The second-order valence-corrected chi connectivity index (χ2v) is 6.45. The van der Waals surface area contributed by atoms with Gasteiger partial charge in [-0.3, -0.25) is 4.79 Å². The largest absolute Gasteiger partial charge is 0.355 e. The third-order valence-electron chi connectivity index (χ3n) is 3.74. The molecule has 2 nitrogen and oxygen atoms in total. The second kappa shape index (κ2) is 6.37. The van der Waals surface area contributed by atoms with Crippen LogP contribution in [0.5, 0.6) is 0 Å². The fourth-order valence-corrected chi connectivity index (χ4v) is 3.28. The van der Waals surface area contributed by atoms with Crippen LogP contribution in [-0.2, 0) is 4.79 Å². The highest BCUT2D eigenvalue weighted by Gasteiger charge is 2.23. The summed E-state index contributed by atoms with van der Waals surface area (Å²) in [6, 6.07) is 9.95. The summed E-state index contributed by atoms with van der Waals surface area (Å²) in [5.41, 5.74) is 1.08. The number of rotatable bonds is 4. The van der Waals surface area contributed by atoms with Gasteiger partial charge in [0.25, 0.3) is 0 Å². The molecule has 1 fully saturated rings. The number of alkyl halides is 1. The SMILES string of the molecule is CC(C(=O)NCC1CCC(Br)C1)c1ccccc1. The van der Waals surface area contributed by atoms with Crippen molar-refractivity contribution >= 4 is 21.8 Å². The fourth-order valence-electron chi connectivity index (χ4n) is 2.49. The van der Waals surface area contributed by atoms with E-state index in [0.29, 0.717) is 10.7 Å². The predicted molar refractivity (Wildman–Crippen MR) is 77.9 cm³/mol. The fraction of sp³-hybridized carbons (Fsp3) is 0.533. The monoisotopic (exact) mass is 309 g/mol. The summed E-state index contributed by atoms with van der Waals surface area (Å²) >= 11 is 3.64. The van der Waals surface area contributed by atoms with Crippen LogP contribution >= 0.6 is 15.9 Å². The van der Waals surface area contributed by atoms with E-state index < -0.39 is 0 Å². The highest BCUT2D eigenvalue weighted by molar-refractivity contribution is 9.09. The molecule has 0 spiro atoms. The van der Waals surface area contributed by atoms with Gasteiger partial charge in [0.1, 0.15) is 0 Å². The van der Waals surface area contributed by atoms with Crippen LogP contribution in [0.4, 0.5) is 0 Å². The van der Waals surface area contributed by atoms with Gasteiger partial charge in [0.05, 0.1) is 5.92 Å². The second-order valence-electron chi connectivity index (χ2n) is 5.15. The van der Waals surface area contributed by atoms with Crippen LogP contribution in [0.2, 0.25) is 0 Å². The van der Waals surface area contributed by atoms with Gasteiger partial charge in [-0.25, -0.2) is 0 Å². The number of hydrogen-bond donors (Lipinski definition) is 1. The lowest BCUT2D eigenvalue weighted by Gasteiger charge is -2.15. The molecular weight excluding hydrogens is 290 g/mol. The Bertz CT molecular complexity index is 393.